The maximum atomic E-state index is 2.51. The minimum atomic E-state index is 1.06. The number of anilines is 3. The second-order valence-electron chi connectivity index (χ2n) is 12.8. The number of allylic oxidation sites excluding steroid dienone is 1. The van der Waals surface area contributed by atoms with Crippen molar-refractivity contribution in [1.82, 2.24) is 0 Å². The van der Waals surface area contributed by atoms with Gasteiger partial charge in [-0.05, 0) is 93.2 Å². The Morgan fingerprint density at radius 2 is 1.10 bits per heavy atom. The third-order valence-corrected chi connectivity index (χ3v) is 12.4. The van der Waals surface area contributed by atoms with Gasteiger partial charge in [0.1, 0.15) is 0 Å². The van der Waals surface area contributed by atoms with Gasteiger partial charge in [-0.25, -0.2) is 0 Å². The lowest BCUT2D eigenvalue weighted by Gasteiger charge is -2.27. The van der Waals surface area contributed by atoms with Crippen LogP contribution in [0.3, 0.4) is 0 Å². The zero-order valence-corrected chi connectivity index (χ0v) is 28.4. The van der Waals surface area contributed by atoms with E-state index in [1.165, 1.54) is 85.1 Å². The maximum Gasteiger partial charge on any atom is 0.0640 e. The van der Waals surface area contributed by atoms with Gasteiger partial charge in [-0.3, -0.25) is 0 Å². The topological polar surface area (TPSA) is 3.24 Å². The zero-order chi connectivity index (χ0) is 32.3. The largest absolute Gasteiger partial charge is 0.308 e. The van der Waals surface area contributed by atoms with Crippen LogP contribution in [0.5, 0.6) is 0 Å². The normalized spacial score (nSPS) is 12.9. The molecule has 9 aromatic rings. The van der Waals surface area contributed by atoms with Crippen LogP contribution in [-0.4, -0.2) is 0 Å². The molecule has 7 aromatic carbocycles. The summed E-state index contributed by atoms with van der Waals surface area (Å²) in [5.74, 6) is 0. The molecule has 0 saturated carbocycles. The van der Waals surface area contributed by atoms with Gasteiger partial charge in [-0.2, -0.15) is 0 Å². The van der Waals surface area contributed by atoms with E-state index in [9.17, 15) is 0 Å². The van der Waals surface area contributed by atoms with Crippen molar-refractivity contribution >= 4 is 92.4 Å². The molecule has 0 radical (unpaired) electrons. The van der Waals surface area contributed by atoms with Crippen molar-refractivity contribution in [2.24, 2.45) is 0 Å². The minimum absolute atomic E-state index is 1.06. The molecule has 2 heterocycles. The molecule has 2 aromatic heterocycles. The summed E-state index contributed by atoms with van der Waals surface area (Å²) in [6.07, 6.45) is 4.57. The predicted octanol–water partition coefficient (Wildman–Crippen LogP) is 14.0. The van der Waals surface area contributed by atoms with Crippen molar-refractivity contribution in [2.45, 2.75) is 12.8 Å². The number of thiophene rings is 2. The number of aryl methyl sites for hydroxylation is 1. The van der Waals surface area contributed by atoms with Gasteiger partial charge in [0, 0.05) is 26.0 Å². The summed E-state index contributed by atoms with van der Waals surface area (Å²) < 4.78 is 3.97. The molecule has 0 N–H and O–H groups in total. The van der Waals surface area contributed by atoms with Crippen LogP contribution in [0.1, 0.15) is 22.4 Å². The van der Waals surface area contributed by atoms with Gasteiger partial charge in [-0.15, -0.1) is 22.7 Å². The quantitative estimate of drug-likeness (QED) is 0.177. The van der Waals surface area contributed by atoms with Crippen molar-refractivity contribution < 1.29 is 0 Å². The van der Waals surface area contributed by atoms with E-state index in [-0.39, 0.29) is 0 Å². The summed E-state index contributed by atoms with van der Waals surface area (Å²) in [6.45, 7) is 0. The lowest BCUT2D eigenvalue weighted by atomic mass is 9.91. The van der Waals surface area contributed by atoms with Crippen molar-refractivity contribution in [2.75, 3.05) is 4.90 Å². The fourth-order valence-corrected chi connectivity index (χ4v) is 10.2. The first-order valence-corrected chi connectivity index (χ1v) is 18.5. The Balaban J connectivity index is 1.18. The molecular weight excluding hydrogens is 631 g/mol. The standard InChI is InChI=1S/C46H31NS2/c1-2-11-30(12-3-1)33-25-28-38-40-19-10-21-42(46(40)49-44(38)29-33)47(41-20-9-18-39-37-16-6-7-22-43(37)48-45(39)41)34-26-23-32(24-27-34)36-17-8-14-31-13-4-5-15-35(31)36/h1-24,26-27,29H,25,28H2. The van der Waals surface area contributed by atoms with E-state index in [1.807, 2.05) is 22.7 Å². The van der Waals surface area contributed by atoms with Crippen molar-refractivity contribution in [1.29, 1.82) is 0 Å². The monoisotopic (exact) mass is 661 g/mol. The second-order valence-corrected chi connectivity index (χ2v) is 14.9. The molecule has 1 aliphatic carbocycles. The molecule has 49 heavy (non-hydrogen) atoms. The van der Waals surface area contributed by atoms with Crippen LogP contribution in [0.25, 0.3) is 63.8 Å². The van der Waals surface area contributed by atoms with E-state index in [0.29, 0.717) is 0 Å². The van der Waals surface area contributed by atoms with Crippen LogP contribution in [-0.2, 0) is 6.42 Å². The number of fused-ring (bicyclic) bond motifs is 7. The Kier molecular flexibility index (Phi) is 6.75. The van der Waals surface area contributed by atoms with E-state index in [4.69, 9.17) is 0 Å². The van der Waals surface area contributed by atoms with Gasteiger partial charge >= 0.3 is 0 Å². The Labute approximate surface area is 293 Å². The van der Waals surface area contributed by atoms with Gasteiger partial charge in [0.15, 0.2) is 0 Å². The minimum Gasteiger partial charge on any atom is -0.308 e. The average Bonchev–Trinajstić information content (AvgIpc) is 3.74. The molecule has 0 bridgehead atoms. The number of benzene rings is 7. The summed E-state index contributed by atoms with van der Waals surface area (Å²) in [7, 11) is 0. The van der Waals surface area contributed by atoms with Crippen LogP contribution in [0, 0.1) is 0 Å². The Bertz CT molecular complexity index is 2710. The number of hydrogen-bond donors (Lipinski definition) is 0. The van der Waals surface area contributed by atoms with E-state index in [0.717, 1.165) is 18.5 Å². The Hall–Kier alpha value is -5.48. The summed E-state index contributed by atoms with van der Waals surface area (Å²) in [4.78, 5) is 3.90. The van der Waals surface area contributed by atoms with Crippen molar-refractivity contribution in [3.05, 3.63) is 174 Å². The smallest absolute Gasteiger partial charge is 0.0640 e. The molecule has 0 unspecified atom stereocenters. The molecule has 0 fully saturated rings. The zero-order valence-electron chi connectivity index (χ0n) is 26.8. The highest BCUT2D eigenvalue weighted by atomic mass is 32.1. The van der Waals surface area contributed by atoms with Gasteiger partial charge in [-0.1, -0.05) is 127 Å². The van der Waals surface area contributed by atoms with E-state index in [1.54, 1.807) is 0 Å². The molecule has 232 valence electrons. The van der Waals surface area contributed by atoms with Crippen molar-refractivity contribution in [3.63, 3.8) is 0 Å². The first-order valence-electron chi connectivity index (χ1n) is 16.9. The third kappa shape index (κ3) is 4.73. The maximum absolute atomic E-state index is 2.51. The molecule has 0 spiro atoms. The summed E-state index contributed by atoms with van der Waals surface area (Å²) >= 11 is 3.83. The highest BCUT2D eigenvalue weighted by Crippen LogP contribution is 2.50. The molecule has 1 aliphatic rings. The molecular formula is C46H31NS2. The van der Waals surface area contributed by atoms with Crippen molar-refractivity contribution in [3.8, 4) is 11.1 Å². The molecule has 3 heteroatoms. The molecule has 0 aliphatic heterocycles. The van der Waals surface area contributed by atoms with Gasteiger partial charge < -0.3 is 4.90 Å². The summed E-state index contributed by atoms with van der Waals surface area (Å²) in [5.41, 5.74) is 10.3. The van der Waals surface area contributed by atoms with Crippen LogP contribution < -0.4 is 4.90 Å². The van der Waals surface area contributed by atoms with Crippen LogP contribution >= 0.6 is 22.7 Å². The average molecular weight is 662 g/mol. The summed E-state index contributed by atoms with van der Waals surface area (Å²) in [6, 6.07) is 57.9. The van der Waals surface area contributed by atoms with Crippen LogP contribution in [0.2, 0.25) is 0 Å². The third-order valence-electron chi connectivity index (χ3n) is 10.0. The van der Waals surface area contributed by atoms with E-state index >= 15 is 0 Å². The number of nitrogens with zero attached hydrogens (tertiary/aromatic N) is 1. The van der Waals surface area contributed by atoms with E-state index < -0.39 is 0 Å². The Morgan fingerprint density at radius 3 is 1.94 bits per heavy atom. The number of hydrogen-bond acceptors (Lipinski definition) is 3. The van der Waals surface area contributed by atoms with Crippen LogP contribution in [0.4, 0.5) is 17.1 Å². The van der Waals surface area contributed by atoms with E-state index in [2.05, 4.69) is 169 Å². The van der Waals surface area contributed by atoms with Gasteiger partial charge in [0.05, 0.1) is 20.8 Å². The molecule has 1 nitrogen and oxygen atoms in total. The lowest BCUT2D eigenvalue weighted by molar-refractivity contribution is 1.02. The summed E-state index contributed by atoms with van der Waals surface area (Å²) in [5, 5.41) is 6.55. The molecule has 10 rings (SSSR count). The Morgan fingerprint density at radius 1 is 0.449 bits per heavy atom. The first kappa shape index (κ1) is 28.5. The van der Waals surface area contributed by atoms with Crippen LogP contribution in [0.15, 0.2) is 158 Å². The molecule has 0 atom stereocenters. The highest BCUT2D eigenvalue weighted by molar-refractivity contribution is 7.26. The second kappa shape index (κ2) is 11.6. The first-order chi connectivity index (χ1) is 24.3. The fourth-order valence-electron chi connectivity index (χ4n) is 7.68. The lowest BCUT2D eigenvalue weighted by Crippen LogP contribution is -2.10. The van der Waals surface area contributed by atoms with Gasteiger partial charge in [0.2, 0.25) is 0 Å². The fraction of sp³-hybridized carbons (Fsp3) is 0.0435. The number of rotatable bonds is 5. The highest BCUT2D eigenvalue weighted by Gasteiger charge is 2.24. The van der Waals surface area contributed by atoms with Gasteiger partial charge in [0.25, 0.3) is 0 Å². The predicted molar refractivity (Wildman–Crippen MR) is 215 cm³/mol. The SMILES string of the molecule is C1=C(c2ccccc2)CCc2c1sc1c(N(c3ccc(-c4cccc5ccccc45)cc3)c3cccc4c3sc3ccccc34)cccc21. The molecule has 0 saturated heterocycles. The molecule has 0 amide bonds.